The molecule has 6 rings (SSSR count). The third-order valence-corrected chi connectivity index (χ3v) is 22.6. The monoisotopic (exact) mass is 811 g/mol. The fourth-order valence-electron chi connectivity index (χ4n) is 8.84. The zero-order valence-electron chi connectivity index (χ0n) is 35.6. The van der Waals surface area contributed by atoms with Crippen molar-refractivity contribution in [2.75, 3.05) is 27.3 Å². The lowest BCUT2D eigenvalue weighted by Crippen LogP contribution is -2.67. The number of alkyl halides is 2. The fourth-order valence-corrected chi connectivity index (χ4v) is 18.0. The Kier molecular flexibility index (Phi) is 12.6. The van der Waals surface area contributed by atoms with Crippen LogP contribution in [-0.4, -0.2) is 77.3 Å². The molecule has 0 heterocycles. The highest BCUT2D eigenvalue weighted by Gasteiger charge is 2.72. The van der Waals surface area contributed by atoms with Crippen LogP contribution in [0.15, 0.2) is 134 Å². The van der Waals surface area contributed by atoms with Crippen LogP contribution in [0.5, 0.6) is 0 Å². The van der Waals surface area contributed by atoms with E-state index in [-0.39, 0.29) is 42.0 Å². The first-order valence-electron chi connectivity index (χ1n) is 20.0. The Bertz CT molecular complexity index is 1890. The van der Waals surface area contributed by atoms with Crippen LogP contribution in [0.2, 0.25) is 10.1 Å². The smallest absolute Gasteiger partial charge is 0.261 e. The Balaban J connectivity index is 0.000000218. The molecule has 306 valence electrons. The molecule has 0 unspecified atom stereocenters. The van der Waals surface area contributed by atoms with Crippen LogP contribution in [0.4, 0.5) is 8.78 Å². The van der Waals surface area contributed by atoms with Crippen molar-refractivity contribution in [3.05, 3.63) is 134 Å². The number of hydrogen-bond donors (Lipinski definition) is 1. The average Bonchev–Trinajstić information content (AvgIpc) is 3.98. The largest absolute Gasteiger partial charge is 0.404 e. The van der Waals surface area contributed by atoms with Crippen LogP contribution in [0.1, 0.15) is 68.2 Å². The quantitative estimate of drug-likeness (QED) is 0.110. The molecule has 2 fully saturated rings. The summed E-state index contributed by atoms with van der Waals surface area (Å²) < 4.78 is 44.8. The number of carbonyl (C=O) groups is 1. The molecule has 0 aromatic heterocycles. The van der Waals surface area contributed by atoms with Gasteiger partial charge in [-0.2, -0.15) is 0 Å². The van der Waals surface area contributed by atoms with E-state index in [0.29, 0.717) is 0 Å². The first kappa shape index (κ1) is 44.4. The van der Waals surface area contributed by atoms with Gasteiger partial charge >= 0.3 is 0 Å². The predicted molar refractivity (Wildman–Crippen MR) is 235 cm³/mol. The van der Waals surface area contributed by atoms with Crippen LogP contribution in [0, 0.1) is 10.8 Å². The van der Waals surface area contributed by atoms with E-state index in [1.165, 1.54) is 11.0 Å². The van der Waals surface area contributed by atoms with Crippen LogP contribution >= 0.6 is 0 Å². The number of aliphatic hydroxyl groups excluding tert-OH is 1. The molecule has 5 nitrogen and oxygen atoms in total. The van der Waals surface area contributed by atoms with Gasteiger partial charge in [0.25, 0.3) is 16.6 Å². The number of halogens is 2. The lowest BCUT2D eigenvalue weighted by atomic mass is 9.98. The lowest BCUT2D eigenvalue weighted by molar-refractivity contribution is -0.135. The molecular formula is C48H63F2NO4Si2. The summed E-state index contributed by atoms with van der Waals surface area (Å²) in [5, 5.41) is 14.3. The van der Waals surface area contributed by atoms with Crippen LogP contribution < -0.4 is 20.7 Å². The van der Waals surface area contributed by atoms with Crippen LogP contribution in [0.25, 0.3) is 0 Å². The number of nitrogens with zero attached hydrogens (tertiary/aromatic N) is 1. The Labute approximate surface area is 342 Å². The third kappa shape index (κ3) is 8.03. The van der Waals surface area contributed by atoms with Gasteiger partial charge in [0.2, 0.25) is 5.91 Å². The van der Waals surface area contributed by atoms with Gasteiger partial charge in [0.15, 0.2) is 0 Å². The summed E-state index contributed by atoms with van der Waals surface area (Å²) in [5.41, 5.74) is -5.03. The molecule has 0 spiro atoms. The van der Waals surface area contributed by atoms with Crippen molar-refractivity contribution in [3.8, 4) is 0 Å². The zero-order chi connectivity index (χ0) is 42.1. The molecule has 0 radical (unpaired) electrons. The third-order valence-electron chi connectivity index (χ3n) is 12.7. The van der Waals surface area contributed by atoms with Crippen molar-refractivity contribution in [1.29, 1.82) is 0 Å². The molecule has 0 saturated heterocycles. The second-order valence-electron chi connectivity index (χ2n) is 18.8. The van der Waals surface area contributed by atoms with E-state index in [0.717, 1.165) is 20.7 Å². The highest BCUT2D eigenvalue weighted by molar-refractivity contribution is 7.00. The van der Waals surface area contributed by atoms with Crippen molar-refractivity contribution >= 4 is 43.3 Å². The molecule has 0 bridgehead atoms. The molecular weight excluding hydrogens is 749 g/mol. The SMILES string of the molecule is C=C[C@@H](O)[C@]1(C)C[C@]1(F)CO[Si](c1ccccc1)(c1ccccc1)C(C)(C)C.CN(C)C(=O)[C@]1(C)C[C@]1(F)CO[Si](c1ccccc1)(c1ccccc1)C(C)(C)C. The number of rotatable bonds is 13. The number of benzene rings is 4. The summed E-state index contributed by atoms with van der Waals surface area (Å²) in [6.07, 6.45) is 1.03. The lowest BCUT2D eigenvalue weighted by Gasteiger charge is -2.43. The maximum Gasteiger partial charge on any atom is 0.261 e. The Morgan fingerprint density at radius 2 is 1.00 bits per heavy atom. The molecule has 4 aromatic carbocycles. The number of hydrogen-bond acceptors (Lipinski definition) is 4. The molecule has 1 amide bonds. The summed E-state index contributed by atoms with van der Waals surface area (Å²) in [4.78, 5) is 14.0. The average molecular weight is 812 g/mol. The van der Waals surface area contributed by atoms with Crippen LogP contribution in [-0.2, 0) is 13.6 Å². The van der Waals surface area contributed by atoms with Gasteiger partial charge in [-0.15, -0.1) is 6.58 Å². The van der Waals surface area contributed by atoms with E-state index >= 15 is 8.78 Å². The molecule has 0 aliphatic heterocycles. The molecule has 2 saturated carbocycles. The van der Waals surface area contributed by atoms with Gasteiger partial charge in [0.05, 0.1) is 24.7 Å². The minimum atomic E-state index is -2.81. The van der Waals surface area contributed by atoms with Gasteiger partial charge in [-0.1, -0.05) is 176 Å². The highest BCUT2D eigenvalue weighted by Crippen LogP contribution is 2.62. The first-order valence-corrected chi connectivity index (χ1v) is 23.8. The summed E-state index contributed by atoms with van der Waals surface area (Å²) in [6.45, 7) is 20.0. The van der Waals surface area contributed by atoms with E-state index in [4.69, 9.17) is 8.85 Å². The summed E-state index contributed by atoms with van der Waals surface area (Å²) in [6, 6.07) is 40.8. The molecule has 5 atom stereocenters. The molecule has 2 aliphatic carbocycles. The highest BCUT2D eigenvalue weighted by atomic mass is 28.4. The summed E-state index contributed by atoms with van der Waals surface area (Å²) in [7, 11) is -2.23. The zero-order valence-corrected chi connectivity index (χ0v) is 37.6. The molecule has 1 N–H and O–H groups in total. The minimum absolute atomic E-state index is 0.0261. The fraction of sp³-hybridized carbons (Fsp3) is 0.438. The Morgan fingerprint density at radius 3 is 1.28 bits per heavy atom. The number of carbonyl (C=O) groups excluding carboxylic acids is 1. The van der Waals surface area contributed by atoms with Crippen molar-refractivity contribution in [1.82, 2.24) is 4.90 Å². The standard InChI is InChI=1S/C24H32FNO2Si.C24H31FO2Si/c1-22(2,3)29(19-13-9-7-10-14-19,20-15-11-8-12-16-20)28-18-24(25)17-23(24,4)21(27)26(5)6;1-6-21(26)23(5)17-24(23,25)18-27-28(22(2,3)4,19-13-9-7-10-14-19)20-15-11-8-12-16-20/h7-16H,17-18H2,1-6H3;6-16,21,26H,1,17-18H2,2-5H3/t23-,24-;21-,23+,24+/m01/s1. The second kappa shape index (κ2) is 16.1. The van der Waals surface area contributed by atoms with Gasteiger partial charge < -0.3 is 18.9 Å². The van der Waals surface area contributed by atoms with Gasteiger partial charge in [-0.25, -0.2) is 8.78 Å². The van der Waals surface area contributed by atoms with E-state index in [1.54, 1.807) is 27.9 Å². The molecule has 4 aromatic rings. The Hall–Kier alpha value is -3.74. The molecule has 9 heteroatoms. The second-order valence-corrected chi connectivity index (χ2v) is 27.4. The predicted octanol–water partition coefficient (Wildman–Crippen LogP) is 8.00. The first-order chi connectivity index (χ1) is 26.6. The van der Waals surface area contributed by atoms with E-state index in [1.807, 2.05) is 72.8 Å². The molecule has 2 aliphatic rings. The normalized spacial score (nSPS) is 25.1. The van der Waals surface area contributed by atoms with Gasteiger partial charge in [0, 0.05) is 25.9 Å². The minimum Gasteiger partial charge on any atom is -0.404 e. The van der Waals surface area contributed by atoms with Crippen molar-refractivity contribution < 1.29 is 27.5 Å². The Morgan fingerprint density at radius 1 is 0.684 bits per heavy atom. The van der Waals surface area contributed by atoms with Crippen molar-refractivity contribution in [2.24, 2.45) is 10.8 Å². The van der Waals surface area contributed by atoms with Gasteiger partial charge in [-0.3, -0.25) is 4.79 Å². The molecule has 57 heavy (non-hydrogen) atoms. The summed E-state index contributed by atoms with van der Waals surface area (Å²) >= 11 is 0. The van der Waals surface area contributed by atoms with Crippen LogP contribution in [0.3, 0.4) is 0 Å². The van der Waals surface area contributed by atoms with Crippen molar-refractivity contribution in [3.63, 3.8) is 0 Å². The van der Waals surface area contributed by atoms with Gasteiger partial charge in [0.1, 0.15) is 11.3 Å². The van der Waals surface area contributed by atoms with E-state index < -0.39 is 44.9 Å². The number of amides is 1. The summed E-state index contributed by atoms with van der Waals surface area (Å²) in [5.74, 6) is -0.175. The van der Waals surface area contributed by atoms with Crippen molar-refractivity contribution in [2.45, 2.75) is 95.7 Å². The van der Waals surface area contributed by atoms with E-state index in [9.17, 15) is 9.90 Å². The van der Waals surface area contributed by atoms with Gasteiger partial charge in [-0.05, 0) is 44.2 Å². The number of aliphatic hydroxyl groups is 1. The van der Waals surface area contributed by atoms with E-state index in [2.05, 4.69) is 96.7 Å². The maximum absolute atomic E-state index is 15.8. The maximum atomic E-state index is 15.8. The topological polar surface area (TPSA) is 59.0 Å².